The summed E-state index contributed by atoms with van der Waals surface area (Å²) < 4.78 is 104. The number of nitrogens with zero attached hydrogens (tertiary/aromatic N) is 4. The summed E-state index contributed by atoms with van der Waals surface area (Å²) in [5, 5.41) is 18.0. The fourth-order valence-corrected chi connectivity index (χ4v) is 15.4. The van der Waals surface area contributed by atoms with Gasteiger partial charge in [-0.25, -0.2) is 4.85 Å². The van der Waals surface area contributed by atoms with Gasteiger partial charge in [0.1, 0.15) is 6.07 Å². The van der Waals surface area contributed by atoms with Crippen molar-refractivity contribution < 1.29 is 13.7 Å². The molecule has 0 aliphatic carbocycles. The molecule has 6 heteroatoms. The molecule has 4 nitrogen and oxygen atoms in total. The van der Waals surface area contributed by atoms with E-state index >= 15 is 0 Å². The van der Waals surface area contributed by atoms with Gasteiger partial charge >= 0.3 is 0 Å². The van der Waals surface area contributed by atoms with Crippen LogP contribution in [0.5, 0.6) is 0 Å². The van der Waals surface area contributed by atoms with E-state index < -0.39 is 60.4 Å². The van der Waals surface area contributed by atoms with Crippen molar-refractivity contribution >= 4 is 134 Å². The van der Waals surface area contributed by atoms with E-state index in [0.29, 0.717) is 22.4 Å². The molecule has 0 saturated heterocycles. The van der Waals surface area contributed by atoms with Crippen molar-refractivity contribution in [2.45, 2.75) is 0 Å². The number of fused-ring (bicyclic) bond motifs is 14. The van der Waals surface area contributed by atoms with Gasteiger partial charge in [-0.15, -0.1) is 22.7 Å². The van der Waals surface area contributed by atoms with Crippen molar-refractivity contribution in [3.8, 4) is 62.0 Å². The van der Waals surface area contributed by atoms with Crippen LogP contribution in [0, 0.1) is 17.9 Å². The molecular weight excluding hydrogens is 1010 g/mol. The number of thiophene rings is 2. The first-order valence-electron chi connectivity index (χ1n) is 31.0. The molecule has 368 valence electrons. The first-order chi connectivity index (χ1) is 43.8. The van der Waals surface area contributed by atoms with Crippen LogP contribution < -0.4 is 0 Å². The van der Waals surface area contributed by atoms with Crippen LogP contribution in [0.2, 0.25) is 0 Å². The summed E-state index contributed by atoms with van der Waals surface area (Å²) in [7, 11) is 0. The van der Waals surface area contributed by atoms with E-state index in [9.17, 15) is 22.8 Å². The highest BCUT2D eigenvalue weighted by atomic mass is 32.1. The quantitative estimate of drug-likeness (QED) is 0.121. The predicted molar refractivity (Wildman–Crippen MR) is 340 cm³/mol. The van der Waals surface area contributed by atoms with Gasteiger partial charge in [-0.3, -0.25) is 0 Å². The lowest BCUT2D eigenvalue weighted by Gasteiger charge is -2.26. The largest absolute Gasteiger partial charge is 0.318 e. The molecule has 0 N–H and O–H groups in total. The van der Waals surface area contributed by atoms with Crippen molar-refractivity contribution in [1.29, 1.82) is 5.26 Å². The van der Waals surface area contributed by atoms with Crippen molar-refractivity contribution in [2.75, 3.05) is 0 Å². The average Bonchev–Trinajstić information content (AvgIpc) is 1.47. The summed E-state index contributed by atoms with van der Waals surface area (Å²) in [6, 6.07) is 57.6. The smallest absolute Gasteiger partial charge is 0.220 e. The van der Waals surface area contributed by atoms with Crippen LogP contribution in [0.25, 0.3) is 166 Å². The van der Waals surface area contributed by atoms with Crippen LogP contribution in [0.1, 0.15) is 19.3 Å². The molecule has 4 heterocycles. The lowest BCUT2D eigenvalue weighted by Crippen LogP contribution is -2.09. The van der Waals surface area contributed by atoms with Gasteiger partial charge in [0.05, 0.1) is 68.7 Å². The molecule has 0 unspecified atom stereocenters. The molecule has 0 amide bonds. The van der Waals surface area contributed by atoms with Crippen molar-refractivity contribution in [2.24, 2.45) is 0 Å². The highest BCUT2D eigenvalue weighted by Crippen LogP contribution is 2.57. The number of nitriles is 1. The Labute approximate surface area is 480 Å². The summed E-state index contributed by atoms with van der Waals surface area (Å²) in [4.78, 5) is 4.47. The highest BCUT2D eigenvalue weighted by molar-refractivity contribution is 7.27. The molecule has 0 atom stereocenters. The predicted octanol–water partition coefficient (Wildman–Crippen LogP) is 21.5. The number of hydrogen-bond donors (Lipinski definition) is 0. The Balaban J connectivity index is 1.21. The Morgan fingerprint density at radius 3 is 1.59 bits per heavy atom. The molecule has 0 radical (unpaired) electrons. The molecular formula is C74H40N4S2. The Morgan fingerprint density at radius 1 is 0.412 bits per heavy atom. The lowest BCUT2D eigenvalue weighted by atomic mass is 9.88. The molecule has 17 rings (SSSR count). The zero-order valence-electron chi connectivity index (χ0n) is 51.9. The maximum atomic E-state index is 12.6. The third kappa shape index (κ3) is 6.06. The van der Waals surface area contributed by atoms with Crippen LogP contribution in [-0.2, 0) is 0 Å². The van der Waals surface area contributed by atoms with E-state index in [-0.39, 0.29) is 65.9 Å². The number of benzene rings is 13. The molecule has 80 heavy (non-hydrogen) atoms. The van der Waals surface area contributed by atoms with E-state index in [1.165, 1.54) is 0 Å². The van der Waals surface area contributed by atoms with Crippen LogP contribution >= 0.6 is 22.7 Å². The molecule has 0 saturated carbocycles. The Kier molecular flexibility index (Phi) is 7.66. The van der Waals surface area contributed by atoms with Gasteiger partial charge in [0.2, 0.25) is 5.69 Å². The van der Waals surface area contributed by atoms with Crippen molar-refractivity contribution in [3.05, 3.63) is 259 Å². The third-order valence-electron chi connectivity index (χ3n) is 16.0. The Hall–Kier alpha value is -10.3. The van der Waals surface area contributed by atoms with Crippen LogP contribution in [0.15, 0.2) is 242 Å². The van der Waals surface area contributed by atoms with Gasteiger partial charge in [0.25, 0.3) is 0 Å². The van der Waals surface area contributed by atoms with E-state index in [2.05, 4.69) is 88.3 Å². The van der Waals surface area contributed by atoms with Gasteiger partial charge in [-0.1, -0.05) is 218 Å². The zero-order chi connectivity index (χ0) is 61.4. The normalized spacial score (nSPS) is 13.7. The minimum atomic E-state index is -0.620. The van der Waals surface area contributed by atoms with Gasteiger partial charge in [0.15, 0.2) is 0 Å². The molecule has 0 aliphatic rings. The van der Waals surface area contributed by atoms with Crippen LogP contribution in [0.3, 0.4) is 0 Å². The Bertz CT molecular complexity index is 6040. The second-order valence-electron chi connectivity index (χ2n) is 20.0. The van der Waals surface area contributed by atoms with E-state index in [4.69, 9.17) is 2.74 Å². The molecule has 0 fully saturated rings. The summed E-state index contributed by atoms with van der Waals surface area (Å²) >= 11 is 3.30. The van der Waals surface area contributed by atoms with Crippen LogP contribution in [-0.4, -0.2) is 9.13 Å². The van der Waals surface area contributed by atoms with Crippen LogP contribution in [0.4, 0.5) is 5.69 Å². The number of aromatic nitrogens is 2. The van der Waals surface area contributed by atoms with Gasteiger partial charge in [-0.2, -0.15) is 5.26 Å². The topological polar surface area (TPSA) is 38.0 Å². The SMILES string of the molecule is [2H]c1c([2H])c([2H])c2c(c1[2H])c1c([2H])c([2H])c([2H])c3c1c1c2c([2H])c([2H])c([2H])c1n3-c1c([N+]#[C-])c(-c2ccccc2)c(C#N)c(-n2c3c(ccc4c5cccc(-c6ccccc6)c5sc43)c3c(-c4ccccc4)cc4c5ccccc5sc4c32)c1-c1ccccc1. The highest BCUT2D eigenvalue weighted by Gasteiger charge is 2.34. The molecule has 0 bridgehead atoms. The van der Waals surface area contributed by atoms with E-state index in [1.54, 1.807) is 27.2 Å². The maximum absolute atomic E-state index is 12.6. The lowest BCUT2D eigenvalue weighted by molar-refractivity contribution is 1.14. The first-order valence-corrected chi connectivity index (χ1v) is 27.7. The minimum absolute atomic E-state index is 0.0604. The standard InChI is InChI=1S/C74H40N4S2/c1-76-67-62(45-25-10-4-11-26-45)58(42-75)68(63(46-27-12-5-13-28-46)70(67)77-59-36-19-33-51-48-29-14-15-30-49(48)52-34-20-37-60(77)66(52)65(51)59)78-69-55(40-39-54-53-35-18-32-47(72(53)80-73(54)69)43-21-6-2-7-22-43)64-56(44-23-8-3-9-24-44)41-57-50-31-16-17-38-61(50)79-74(57)71(64)78/h2-41H/i14D,15D,19D,20D,29D,30D,33D,34D,36D,37D. The average molecular weight is 1060 g/mol. The second kappa shape index (κ2) is 17.1. The fourth-order valence-electron chi connectivity index (χ4n) is 12.8. The zero-order valence-corrected chi connectivity index (χ0v) is 43.6. The summed E-state index contributed by atoms with van der Waals surface area (Å²) in [5.74, 6) is 0. The summed E-state index contributed by atoms with van der Waals surface area (Å²) in [5.41, 5.74) is 7.33. The van der Waals surface area contributed by atoms with Gasteiger partial charge in [-0.05, 0) is 79.1 Å². The first kappa shape index (κ1) is 35.9. The molecule has 4 aromatic heterocycles. The number of rotatable bonds is 6. The second-order valence-corrected chi connectivity index (χ2v) is 22.0. The van der Waals surface area contributed by atoms with Crippen molar-refractivity contribution in [1.82, 2.24) is 9.13 Å². The van der Waals surface area contributed by atoms with Crippen molar-refractivity contribution in [3.63, 3.8) is 0 Å². The third-order valence-corrected chi connectivity index (χ3v) is 18.4. The van der Waals surface area contributed by atoms with Gasteiger partial charge < -0.3 is 9.13 Å². The van der Waals surface area contributed by atoms with E-state index in [0.717, 1.165) is 84.4 Å². The molecule has 0 aliphatic heterocycles. The fraction of sp³-hybridized carbons (Fsp3) is 0. The monoisotopic (exact) mass is 1060 g/mol. The Morgan fingerprint density at radius 2 is 0.950 bits per heavy atom. The minimum Gasteiger partial charge on any atom is -0.318 e. The summed E-state index contributed by atoms with van der Waals surface area (Å²) in [6.07, 6.45) is 0. The molecule has 13 aromatic carbocycles. The molecule has 0 spiro atoms. The van der Waals surface area contributed by atoms with E-state index in [1.807, 2.05) is 109 Å². The molecule has 17 aromatic rings. The summed E-state index contributed by atoms with van der Waals surface area (Å²) in [6.45, 7) is 9.63. The van der Waals surface area contributed by atoms with Gasteiger partial charge in [0, 0.05) is 63.6 Å². The maximum Gasteiger partial charge on any atom is 0.220 e. The number of hydrogen-bond acceptors (Lipinski definition) is 3.